The minimum Gasteiger partial charge on any atom is -0.484 e. The van der Waals surface area contributed by atoms with Crippen molar-refractivity contribution in [3.8, 4) is 5.75 Å². The molecular formula is C19H30N2O2S. The fourth-order valence-corrected chi connectivity index (χ4v) is 2.71. The van der Waals surface area contributed by atoms with Crippen LogP contribution < -0.4 is 15.4 Å². The lowest BCUT2D eigenvalue weighted by Gasteiger charge is -2.13. The van der Waals surface area contributed by atoms with Crippen LogP contribution >= 0.6 is 12.2 Å². The molecule has 0 aliphatic heterocycles. The van der Waals surface area contributed by atoms with Gasteiger partial charge in [0.15, 0.2) is 11.7 Å². The average Bonchev–Trinajstić information content (AvgIpc) is 2.52. The summed E-state index contributed by atoms with van der Waals surface area (Å²) in [6.07, 6.45) is 4.66. The molecule has 5 heteroatoms. The molecule has 1 rings (SSSR count). The lowest BCUT2D eigenvalue weighted by atomic mass is 9.98. The first-order valence-corrected chi connectivity index (χ1v) is 9.15. The quantitative estimate of drug-likeness (QED) is 0.521. The third-order valence-corrected chi connectivity index (χ3v) is 4.05. The first-order valence-electron chi connectivity index (χ1n) is 8.75. The van der Waals surface area contributed by atoms with Crippen molar-refractivity contribution in [3.05, 3.63) is 29.3 Å². The topological polar surface area (TPSA) is 50.4 Å². The zero-order valence-electron chi connectivity index (χ0n) is 15.3. The van der Waals surface area contributed by atoms with Crippen molar-refractivity contribution in [2.75, 3.05) is 13.2 Å². The average molecular weight is 351 g/mol. The maximum absolute atomic E-state index is 11.9. The van der Waals surface area contributed by atoms with E-state index in [1.165, 1.54) is 30.4 Å². The predicted molar refractivity (Wildman–Crippen MR) is 104 cm³/mol. The van der Waals surface area contributed by atoms with E-state index in [9.17, 15) is 4.79 Å². The van der Waals surface area contributed by atoms with E-state index in [1.54, 1.807) is 0 Å². The van der Waals surface area contributed by atoms with Gasteiger partial charge >= 0.3 is 0 Å². The summed E-state index contributed by atoms with van der Waals surface area (Å²) in [5, 5.41) is 6.05. The molecule has 0 fully saturated rings. The summed E-state index contributed by atoms with van der Waals surface area (Å²) in [7, 11) is 0. The van der Waals surface area contributed by atoms with Crippen LogP contribution in [0.5, 0.6) is 5.75 Å². The summed E-state index contributed by atoms with van der Waals surface area (Å²) in [4.78, 5) is 11.9. The number of benzene rings is 1. The molecule has 0 aliphatic rings. The Bertz CT molecular complexity index is 544. The van der Waals surface area contributed by atoms with E-state index in [-0.39, 0.29) is 12.5 Å². The van der Waals surface area contributed by atoms with E-state index in [1.807, 2.05) is 12.1 Å². The fourth-order valence-electron chi connectivity index (χ4n) is 2.50. The van der Waals surface area contributed by atoms with Gasteiger partial charge in [0.2, 0.25) is 0 Å². The molecule has 0 aromatic heterocycles. The van der Waals surface area contributed by atoms with Crippen LogP contribution in [0.2, 0.25) is 0 Å². The summed E-state index contributed by atoms with van der Waals surface area (Å²) in [5.41, 5.74) is 2.47. The molecule has 24 heavy (non-hydrogen) atoms. The molecule has 0 spiro atoms. The van der Waals surface area contributed by atoms with Crippen molar-refractivity contribution < 1.29 is 9.53 Å². The number of amides is 1. The Balaban J connectivity index is 2.30. The predicted octanol–water partition coefficient (Wildman–Crippen LogP) is 4.07. The Labute approximate surface area is 151 Å². The summed E-state index contributed by atoms with van der Waals surface area (Å²) in [5.74, 6) is 0.931. The van der Waals surface area contributed by atoms with Gasteiger partial charge in [0.1, 0.15) is 5.75 Å². The van der Waals surface area contributed by atoms with Crippen LogP contribution in [-0.2, 0) is 4.79 Å². The molecule has 1 aromatic carbocycles. The van der Waals surface area contributed by atoms with Gasteiger partial charge in [0, 0.05) is 6.54 Å². The number of thiocarbonyl (C=S) groups is 1. The van der Waals surface area contributed by atoms with Gasteiger partial charge in [-0.25, -0.2) is 0 Å². The molecule has 1 amide bonds. The molecule has 0 bridgehead atoms. The zero-order valence-corrected chi connectivity index (χ0v) is 16.1. The summed E-state index contributed by atoms with van der Waals surface area (Å²) in [6.45, 7) is 9.29. The molecule has 0 unspecified atom stereocenters. The smallest absolute Gasteiger partial charge is 0.264 e. The van der Waals surface area contributed by atoms with Gasteiger partial charge in [-0.3, -0.25) is 4.79 Å². The molecule has 0 saturated carbocycles. The van der Waals surface area contributed by atoms with Crippen molar-refractivity contribution in [1.29, 1.82) is 0 Å². The Kier molecular flexibility index (Phi) is 9.38. The van der Waals surface area contributed by atoms with Gasteiger partial charge in [0.25, 0.3) is 5.91 Å². The highest BCUT2D eigenvalue weighted by Gasteiger charge is 2.08. The third-order valence-electron chi connectivity index (χ3n) is 3.80. The van der Waals surface area contributed by atoms with Gasteiger partial charge in [-0.15, -0.1) is 0 Å². The summed E-state index contributed by atoms with van der Waals surface area (Å²) in [6, 6.07) is 5.92. The number of carbonyl (C=O) groups is 1. The maximum Gasteiger partial charge on any atom is 0.264 e. The number of unbranched alkanes of at least 4 members (excludes halogenated alkanes) is 3. The Morgan fingerprint density at radius 3 is 2.62 bits per heavy atom. The number of ether oxygens (including phenoxy) is 1. The molecule has 0 aliphatic carbocycles. The molecule has 134 valence electrons. The monoisotopic (exact) mass is 350 g/mol. The van der Waals surface area contributed by atoms with E-state index >= 15 is 0 Å². The van der Waals surface area contributed by atoms with Crippen LogP contribution in [0.3, 0.4) is 0 Å². The number of rotatable bonds is 9. The number of carbonyl (C=O) groups excluding carboxylic acids is 1. The fraction of sp³-hybridized carbons (Fsp3) is 0.579. The van der Waals surface area contributed by atoms with Gasteiger partial charge < -0.3 is 15.4 Å². The first kappa shape index (κ1) is 20.4. The Morgan fingerprint density at radius 1 is 1.25 bits per heavy atom. The van der Waals surface area contributed by atoms with Crippen LogP contribution in [-0.4, -0.2) is 24.2 Å². The molecule has 2 N–H and O–H groups in total. The molecule has 0 heterocycles. The van der Waals surface area contributed by atoms with Gasteiger partial charge in [-0.2, -0.15) is 0 Å². The summed E-state index contributed by atoms with van der Waals surface area (Å²) < 4.78 is 5.54. The number of hydrogen-bond acceptors (Lipinski definition) is 3. The van der Waals surface area contributed by atoms with Crippen molar-refractivity contribution in [2.24, 2.45) is 0 Å². The third kappa shape index (κ3) is 7.77. The number of hydrogen-bond donors (Lipinski definition) is 2. The summed E-state index contributed by atoms with van der Waals surface area (Å²) >= 11 is 5.11. The van der Waals surface area contributed by atoms with Crippen LogP contribution in [0.15, 0.2) is 18.2 Å². The number of nitrogens with one attached hydrogen (secondary N) is 2. The van der Waals surface area contributed by atoms with Crippen LogP contribution in [0.25, 0.3) is 0 Å². The second kappa shape index (κ2) is 11.0. The first-order chi connectivity index (χ1) is 11.4. The van der Waals surface area contributed by atoms with E-state index in [0.717, 1.165) is 13.0 Å². The second-order valence-corrected chi connectivity index (χ2v) is 6.73. The van der Waals surface area contributed by atoms with E-state index in [2.05, 4.69) is 44.4 Å². The molecule has 1 aromatic rings. The minimum absolute atomic E-state index is 0.0435. The van der Waals surface area contributed by atoms with Gasteiger partial charge in [-0.1, -0.05) is 46.1 Å². The molecule has 0 atom stereocenters. The molecular weight excluding hydrogens is 320 g/mol. The van der Waals surface area contributed by atoms with Crippen molar-refractivity contribution in [2.45, 2.75) is 59.3 Å². The van der Waals surface area contributed by atoms with E-state index < -0.39 is 0 Å². The van der Waals surface area contributed by atoms with Gasteiger partial charge in [0.05, 0.1) is 0 Å². The van der Waals surface area contributed by atoms with Crippen LogP contribution in [0, 0.1) is 6.92 Å². The largest absolute Gasteiger partial charge is 0.484 e. The normalized spacial score (nSPS) is 10.5. The highest BCUT2D eigenvalue weighted by atomic mass is 32.1. The number of aryl methyl sites for hydroxylation is 1. The molecule has 0 radical (unpaired) electrons. The molecule has 4 nitrogen and oxygen atoms in total. The minimum atomic E-state index is -0.244. The highest BCUT2D eigenvalue weighted by molar-refractivity contribution is 7.80. The van der Waals surface area contributed by atoms with Crippen molar-refractivity contribution in [3.63, 3.8) is 0 Å². The lowest BCUT2D eigenvalue weighted by Crippen LogP contribution is -2.41. The highest BCUT2D eigenvalue weighted by Crippen LogP contribution is 2.23. The standard InChI is InChI=1S/C19H30N2O2S/c1-5-6-7-8-11-20-19(24)21-18(22)13-23-16-9-10-17(14(2)3)15(4)12-16/h9-10,12,14H,5-8,11,13H2,1-4H3,(H2,20,21,22,24). The van der Waals surface area contributed by atoms with E-state index in [0.29, 0.717) is 16.8 Å². The zero-order chi connectivity index (χ0) is 17.9. The van der Waals surface area contributed by atoms with Crippen molar-refractivity contribution in [1.82, 2.24) is 10.6 Å². The van der Waals surface area contributed by atoms with Crippen LogP contribution in [0.4, 0.5) is 0 Å². The Hall–Kier alpha value is -1.62. The lowest BCUT2D eigenvalue weighted by molar-refractivity contribution is -0.121. The van der Waals surface area contributed by atoms with Crippen molar-refractivity contribution >= 4 is 23.2 Å². The SMILES string of the molecule is CCCCCCNC(=S)NC(=O)COc1ccc(C(C)C)c(C)c1. The molecule has 0 saturated heterocycles. The Morgan fingerprint density at radius 2 is 2.00 bits per heavy atom. The van der Waals surface area contributed by atoms with E-state index in [4.69, 9.17) is 17.0 Å². The maximum atomic E-state index is 11.9. The van der Waals surface area contributed by atoms with Gasteiger partial charge in [-0.05, 0) is 54.7 Å². The second-order valence-electron chi connectivity index (χ2n) is 6.33. The van der Waals surface area contributed by atoms with Crippen LogP contribution in [0.1, 0.15) is 63.5 Å².